The van der Waals surface area contributed by atoms with Gasteiger partial charge in [-0.2, -0.15) is 0 Å². The van der Waals surface area contributed by atoms with Gasteiger partial charge in [-0.3, -0.25) is 4.99 Å². The van der Waals surface area contributed by atoms with E-state index in [1.54, 1.807) is 0 Å². The van der Waals surface area contributed by atoms with E-state index in [0.29, 0.717) is 24.0 Å². The third kappa shape index (κ3) is 7.14. The van der Waals surface area contributed by atoms with Crippen LogP contribution in [0.5, 0.6) is 0 Å². The molecule has 0 bridgehead atoms. The van der Waals surface area contributed by atoms with Crippen LogP contribution in [0.15, 0.2) is 124 Å². The van der Waals surface area contributed by atoms with E-state index in [9.17, 15) is 0 Å². The molecule has 0 amide bonds. The Hall–Kier alpha value is -5.29. The molecule has 0 aliphatic rings. The van der Waals surface area contributed by atoms with Gasteiger partial charge in [0.1, 0.15) is 0 Å². The Morgan fingerprint density at radius 3 is 1.98 bits per heavy atom. The van der Waals surface area contributed by atoms with Crippen molar-refractivity contribution in [1.82, 2.24) is 9.97 Å². The monoisotopic (exact) mass is 561 g/mol. The lowest BCUT2D eigenvalue weighted by Gasteiger charge is -2.14. The topological polar surface area (TPSA) is 62.9 Å². The third-order valence-corrected chi connectivity index (χ3v) is 7.04. The highest BCUT2D eigenvalue weighted by Crippen LogP contribution is 2.32. The Morgan fingerprint density at radius 1 is 0.721 bits per heavy atom. The van der Waals surface area contributed by atoms with E-state index in [2.05, 4.69) is 67.2 Å². The zero-order valence-electron chi connectivity index (χ0n) is 25.1. The summed E-state index contributed by atoms with van der Waals surface area (Å²) in [6, 6.07) is 34.7. The summed E-state index contributed by atoms with van der Waals surface area (Å²) in [7, 11) is 0. The fraction of sp³-hybridized carbons (Fsp3) is 0.132. The number of allylic oxidation sites excluding steroid dienone is 1. The van der Waals surface area contributed by atoms with E-state index in [-0.39, 0.29) is 0 Å². The van der Waals surface area contributed by atoms with Gasteiger partial charge in [-0.25, -0.2) is 20.0 Å². The molecule has 43 heavy (non-hydrogen) atoms. The molecule has 0 atom stereocenters. The predicted octanol–water partition coefficient (Wildman–Crippen LogP) is 8.86. The predicted molar refractivity (Wildman–Crippen MR) is 181 cm³/mol. The number of rotatable bonds is 7. The molecule has 0 saturated carbocycles. The summed E-state index contributed by atoms with van der Waals surface area (Å²) in [5.74, 6) is 1.82. The lowest BCUT2D eigenvalue weighted by Crippen LogP contribution is -2.05. The Labute approximate surface area is 254 Å². The summed E-state index contributed by atoms with van der Waals surface area (Å²) in [4.78, 5) is 23.7. The van der Waals surface area contributed by atoms with Gasteiger partial charge < -0.3 is 0 Å². The molecule has 5 heteroatoms. The first-order valence-corrected chi connectivity index (χ1v) is 14.3. The fourth-order valence-electron chi connectivity index (χ4n) is 5.07. The van der Waals surface area contributed by atoms with Gasteiger partial charge in [0.2, 0.25) is 0 Å². The number of nitrogens with zero attached hydrogens (tertiary/aromatic N) is 5. The van der Waals surface area contributed by atoms with Crippen molar-refractivity contribution in [1.29, 1.82) is 0 Å². The maximum Gasteiger partial charge on any atom is 0.161 e. The number of aliphatic imine (C=N–C) groups is 3. The minimum absolute atomic E-state index is 0.406. The van der Waals surface area contributed by atoms with Crippen LogP contribution in [0.25, 0.3) is 28.6 Å². The van der Waals surface area contributed by atoms with Gasteiger partial charge in [0.15, 0.2) is 17.5 Å². The molecular formula is C38H35N5. The molecule has 5 nitrogen and oxygen atoms in total. The third-order valence-electron chi connectivity index (χ3n) is 7.04. The van der Waals surface area contributed by atoms with Crippen molar-refractivity contribution in [2.75, 3.05) is 0 Å². The summed E-state index contributed by atoms with van der Waals surface area (Å²) < 4.78 is 0. The van der Waals surface area contributed by atoms with Crippen molar-refractivity contribution < 1.29 is 0 Å². The van der Waals surface area contributed by atoms with E-state index in [0.717, 1.165) is 44.8 Å². The first-order chi connectivity index (χ1) is 20.9. The molecule has 0 radical (unpaired) electrons. The highest BCUT2D eigenvalue weighted by Gasteiger charge is 2.13. The summed E-state index contributed by atoms with van der Waals surface area (Å²) in [5, 5.41) is 0. The van der Waals surface area contributed by atoms with Crippen LogP contribution in [0.2, 0.25) is 0 Å². The summed E-state index contributed by atoms with van der Waals surface area (Å²) in [6.07, 6.45) is 4.24. The number of aryl methyl sites for hydroxylation is 3. The van der Waals surface area contributed by atoms with E-state index in [1.807, 2.05) is 87.5 Å². The molecule has 4 aromatic carbocycles. The highest BCUT2D eigenvalue weighted by atomic mass is 15.0. The molecule has 0 saturated heterocycles. The Balaban J connectivity index is 1.66. The minimum atomic E-state index is 0.406. The van der Waals surface area contributed by atoms with Crippen LogP contribution in [0.1, 0.15) is 46.1 Å². The minimum Gasteiger partial charge on any atom is -0.261 e. The molecule has 0 aliphatic carbocycles. The van der Waals surface area contributed by atoms with Gasteiger partial charge in [0, 0.05) is 28.1 Å². The van der Waals surface area contributed by atoms with Crippen LogP contribution in [-0.4, -0.2) is 28.4 Å². The number of aromatic nitrogens is 2. The van der Waals surface area contributed by atoms with Crippen LogP contribution < -0.4 is 0 Å². The molecule has 5 rings (SSSR count). The standard InChI is InChI=1S/C38H35N5/c1-6-14-34-26(2)15-13-20-35(34)32-22-29(23-33(24-32)38-41-27(3)21-28(4)42-38)25-40-37(31-18-11-8-12-19-31)43-36(39-5)30-16-9-7-10-17-30/h6-24H,5,25H2,1-4H3/b14-6-,40-37?,43-36?. The van der Waals surface area contributed by atoms with Gasteiger partial charge in [-0.05, 0) is 86.5 Å². The fourth-order valence-corrected chi connectivity index (χ4v) is 5.07. The van der Waals surface area contributed by atoms with Gasteiger partial charge in [0.25, 0.3) is 0 Å². The number of amidine groups is 2. The van der Waals surface area contributed by atoms with Crippen molar-refractivity contribution in [2.24, 2.45) is 15.0 Å². The van der Waals surface area contributed by atoms with Crippen LogP contribution in [0.3, 0.4) is 0 Å². The lowest BCUT2D eigenvalue weighted by atomic mass is 9.93. The van der Waals surface area contributed by atoms with Crippen LogP contribution in [0.4, 0.5) is 0 Å². The smallest absolute Gasteiger partial charge is 0.161 e. The molecule has 1 aromatic heterocycles. The Morgan fingerprint density at radius 2 is 1.35 bits per heavy atom. The average molecular weight is 562 g/mol. The van der Waals surface area contributed by atoms with Gasteiger partial charge >= 0.3 is 0 Å². The first-order valence-electron chi connectivity index (χ1n) is 14.3. The number of hydrogen-bond acceptors (Lipinski definition) is 3. The van der Waals surface area contributed by atoms with Crippen LogP contribution in [-0.2, 0) is 6.54 Å². The van der Waals surface area contributed by atoms with Crippen LogP contribution >= 0.6 is 0 Å². The van der Waals surface area contributed by atoms with Gasteiger partial charge in [-0.15, -0.1) is 0 Å². The molecule has 0 spiro atoms. The van der Waals surface area contributed by atoms with Crippen molar-refractivity contribution in [3.05, 3.63) is 148 Å². The van der Waals surface area contributed by atoms with Crippen molar-refractivity contribution in [3.63, 3.8) is 0 Å². The normalized spacial score (nSPS) is 12.1. The molecule has 1 heterocycles. The number of benzene rings is 4. The lowest BCUT2D eigenvalue weighted by molar-refractivity contribution is 1.05. The molecule has 0 fully saturated rings. The van der Waals surface area contributed by atoms with Crippen LogP contribution in [0, 0.1) is 20.8 Å². The summed E-state index contributed by atoms with van der Waals surface area (Å²) in [5.41, 5.74) is 10.3. The molecule has 0 aliphatic heterocycles. The van der Waals surface area contributed by atoms with E-state index < -0.39 is 0 Å². The molecule has 0 N–H and O–H groups in total. The van der Waals surface area contributed by atoms with E-state index in [1.165, 1.54) is 11.1 Å². The zero-order valence-corrected chi connectivity index (χ0v) is 25.1. The largest absolute Gasteiger partial charge is 0.261 e. The number of hydrogen-bond donors (Lipinski definition) is 0. The average Bonchev–Trinajstić information content (AvgIpc) is 3.02. The van der Waals surface area contributed by atoms with E-state index in [4.69, 9.17) is 20.0 Å². The maximum atomic E-state index is 5.05. The molecular weight excluding hydrogens is 526 g/mol. The Kier molecular flexibility index (Phi) is 9.23. The van der Waals surface area contributed by atoms with Crippen molar-refractivity contribution >= 4 is 24.5 Å². The second kappa shape index (κ2) is 13.6. The Bertz CT molecular complexity index is 1810. The van der Waals surface area contributed by atoms with Crippen molar-refractivity contribution in [2.45, 2.75) is 34.2 Å². The van der Waals surface area contributed by atoms with E-state index >= 15 is 0 Å². The summed E-state index contributed by atoms with van der Waals surface area (Å²) in [6.45, 7) is 12.4. The van der Waals surface area contributed by atoms with Gasteiger partial charge in [-0.1, -0.05) is 91.0 Å². The van der Waals surface area contributed by atoms with Gasteiger partial charge in [0.05, 0.1) is 6.54 Å². The second-order valence-corrected chi connectivity index (χ2v) is 10.4. The molecule has 212 valence electrons. The quantitative estimate of drug-likeness (QED) is 0.147. The summed E-state index contributed by atoms with van der Waals surface area (Å²) >= 11 is 0. The first kappa shape index (κ1) is 29.2. The van der Waals surface area contributed by atoms with Crippen molar-refractivity contribution in [3.8, 4) is 22.5 Å². The SMILES string of the molecule is C=NC(=NC(=NCc1cc(-c2nc(C)cc(C)n2)cc(-c2cccc(C)c2/C=C\C)c1)c1ccccc1)c1ccccc1. The second-order valence-electron chi connectivity index (χ2n) is 10.4. The molecule has 5 aromatic rings. The highest BCUT2D eigenvalue weighted by molar-refractivity contribution is 6.12. The molecule has 0 unspecified atom stereocenters. The zero-order chi connectivity index (χ0) is 30.2. The maximum absolute atomic E-state index is 5.05.